The van der Waals surface area contributed by atoms with Crippen LogP contribution in [0.2, 0.25) is 0 Å². The number of hydrogen-bond donors (Lipinski definition) is 1. The minimum absolute atomic E-state index is 0.0209. The van der Waals surface area contributed by atoms with Crippen molar-refractivity contribution in [3.63, 3.8) is 0 Å². The molecule has 9 nitrogen and oxygen atoms in total. The van der Waals surface area contributed by atoms with Gasteiger partial charge in [0.05, 0.1) is 16.1 Å². The van der Waals surface area contributed by atoms with E-state index in [1.165, 1.54) is 47.1 Å². The molecule has 0 aliphatic carbocycles. The Labute approximate surface area is 192 Å². The maximum atomic E-state index is 13.2. The third kappa shape index (κ3) is 5.50. The van der Waals surface area contributed by atoms with Crippen molar-refractivity contribution in [2.24, 2.45) is 0 Å². The van der Waals surface area contributed by atoms with Crippen LogP contribution in [-0.4, -0.2) is 64.7 Å². The number of nitro benzene ring substituents is 1. The number of rotatable bonds is 5. The lowest BCUT2D eigenvalue weighted by atomic mass is 10.1. The van der Waals surface area contributed by atoms with E-state index in [4.69, 9.17) is 0 Å². The van der Waals surface area contributed by atoms with Gasteiger partial charge in [0.2, 0.25) is 5.91 Å². The van der Waals surface area contributed by atoms with Crippen molar-refractivity contribution in [2.75, 3.05) is 26.2 Å². The van der Waals surface area contributed by atoms with Gasteiger partial charge in [0.25, 0.3) is 17.5 Å². The van der Waals surface area contributed by atoms with Gasteiger partial charge >= 0.3 is 6.18 Å². The van der Waals surface area contributed by atoms with Crippen LogP contribution in [0.3, 0.4) is 0 Å². The van der Waals surface area contributed by atoms with Gasteiger partial charge in [-0.25, -0.2) is 0 Å². The SMILES string of the molecule is CC(NC(=O)c1cccc([N+](=O)[O-])c1)C(=O)N1CCN(C(=O)c2ccccc2C(F)(F)F)CC1. The maximum Gasteiger partial charge on any atom is 0.417 e. The van der Waals surface area contributed by atoms with Crippen molar-refractivity contribution in [1.82, 2.24) is 15.1 Å². The first-order chi connectivity index (χ1) is 16.0. The molecule has 3 amide bonds. The van der Waals surface area contributed by atoms with Gasteiger partial charge in [0.1, 0.15) is 6.04 Å². The molecule has 1 aliphatic heterocycles. The first-order valence-electron chi connectivity index (χ1n) is 10.3. The van der Waals surface area contributed by atoms with Crippen LogP contribution in [0.5, 0.6) is 0 Å². The lowest BCUT2D eigenvalue weighted by molar-refractivity contribution is -0.384. The van der Waals surface area contributed by atoms with Gasteiger partial charge in [-0.2, -0.15) is 13.2 Å². The number of non-ortho nitro benzene ring substituents is 1. The number of nitrogens with one attached hydrogen (secondary N) is 1. The van der Waals surface area contributed by atoms with Crippen molar-refractivity contribution in [2.45, 2.75) is 19.1 Å². The zero-order valence-electron chi connectivity index (χ0n) is 18.0. The highest BCUT2D eigenvalue weighted by Gasteiger charge is 2.37. The summed E-state index contributed by atoms with van der Waals surface area (Å²) in [5.74, 6) is -1.88. The summed E-state index contributed by atoms with van der Waals surface area (Å²) in [4.78, 5) is 50.7. The molecular formula is C22H21F3N4O5. The Morgan fingerprint density at radius 1 is 1.00 bits per heavy atom. The maximum absolute atomic E-state index is 13.2. The summed E-state index contributed by atoms with van der Waals surface area (Å²) < 4.78 is 39.7. The van der Waals surface area contributed by atoms with Gasteiger partial charge in [0, 0.05) is 43.9 Å². The van der Waals surface area contributed by atoms with Crippen LogP contribution >= 0.6 is 0 Å². The minimum atomic E-state index is -4.67. The molecule has 1 aliphatic rings. The molecule has 0 radical (unpaired) electrons. The molecule has 2 aromatic rings. The number of halogens is 3. The van der Waals surface area contributed by atoms with E-state index in [-0.39, 0.29) is 37.4 Å². The van der Waals surface area contributed by atoms with Crippen LogP contribution in [-0.2, 0) is 11.0 Å². The largest absolute Gasteiger partial charge is 0.417 e. The second kappa shape index (κ2) is 9.89. The smallest absolute Gasteiger partial charge is 0.341 e. The molecule has 1 atom stereocenters. The van der Waals surface area contributed by atoms with Crippen molar-refractivity contribution < 1.29 is 32.5 Å². The standard InChI is InChI=1S/C22H21F3N4O5/c1-14(26-19(30)15-5-4-6-16(13-15)29(33)34)20(31)27-9-11-28(12-10-27)21(32)17-7-2-3-8-18(17)22(23,24)25/h2-8,13-14H,9-12H2,1H3,(H,26,30). The number of hydrogen-bond acceptors (Lipinski definition) is 5. The number of nitrogens with zero attached hydrogens (tertiary/aromatic N) is 3. The zero-order chi connectivity index (χ0) is 25.0. The molecular weight excluding hydrogens is 457 g/mol. The highest BCUT2D eigenvalue weighted by molar-refractivity contribution is 5.98. The van der Waals surface area contributed by atoms with Gasteiger partial charge in [0.15, 0.2) is 0 Å². The molecule has 34 heavy (non-hydrogen) atoms. The van der Waals surface area contributed by atoms with Gasteiger partial charge < -0.3 is 15.1 Å². The second-order valence-electron chi connectivity index (χ2n) is 7.66. The van der Waals surface area contributed by atoms with Gasteiger partial charge in [-0.3, -0.25) is 24.5 Å². The van der Waals surface area contributed by atoms with E-state index in [0.29, 0.717) is 0 Å². The fourth-order valence-electron chi connectivity index (χ4n) is 3.59. The molecule has 1 saturated heterocycles. The van der Waals surface area contributed by atoms with E-state index in [9.17, 15) is 37.7 Å². The summed E-state index contributed by atoms with van der Waals surface area (Å²) in [6.45, 7) is 1.67. The Bertz CT molecular complexity index is 1110. The molecule has 0 saturated carbocycles. The molecule has 3 rings (SSSR count). The second-order valence-corrected chi connectivity index (χ2v) is 7.66. The molecule has 12 heteroatoms. The van der Waals surface area contributed by atoms with Crippen LogP contribution in [0, 0.1) is 10.1 Å². The summed E-state index contributed by atoms with van der Waals surface area (Å²) in [5, 5.41) is 13.4. The number of benzene rings is 2. The van der Waals surface area contributed by atoms with E-state index in [1.807, 2.05) is 0 Å². The topological polar surface area (TPSA) is 113 Å². The van der Waals surface area contributed by atoms with E-state index in [0.717, 1.165) is 18.2 Å². The first-order valence-corrected chi connectivity index (χ1v) is 10.3. The van der Waals surface area contributed by atoms with Crippen molar-refractivity contribution in [3.05, 3.63) is 75.3 Å². The van der Waals surface area contributed by atoms with Crippen LogP contribution < -0.4 is 5.32 Å². The quantitative estimate of drug-likeness (QED) is 0.525. The van der Waals surface area contributed by atoms with E-state index in [2.05, 4.69) is 5.32 Å². The Morgan fingerprint density at radius 3 is 2.24 bits per heavy atom. The molecule has 1 unspecified atom stereocenters. The van der Waals surface area contributed by atoms with Gasteiger partial charge in [-0.05, 0) is 25.1 Å². The fourth-order valence-corrected chi connectivity index (χ4v) is 3.59. The number of piperazine rings is 1. The predicted octanol–water partition coefficient (Wildman–Crippen LogP) is 2.72. The number of alkyl halides is 3. The molecule has 0 bridgehead atoms. The number of amides is 3. The number of nitro groups is 1. The fraction of sp³-hybridized carbons (Fsp3) is 0.318. The van der Waals surface area contributed by atoms with Crippen LogP contribution in [0.4, 0.5) is 18.9 Å². The van der Waals surface area contributed by atoms with Crippen LogP contribution in [0.15, 0.2) is 48.5 Å². The van der Waals surface area contributed by atoms with Crippen molar-refractivity contribution >= 4 is 23.4 Å². The highest BCUT2D eigenvalue weighted by Crippen LogP contribution is 2.32. The van der Waals surface area contributed by atoms with Crippen LogP contribution in [0.25, 0.3) is 0 Å². The number of carbonyl (C=O) groups is 3. The summed E-state index contributed by atoms with van der Waals surface area (Å²) in [6.07, 6.45) is -4.67. The third-order valence-electron chi connectivity index (χ3n) is 5.38. The average Bonchev–Trinajstić information content (AvgIpc) is 2.82. The first kappa shape index (κ1) is 24.7. The van der Waals surface area contributed by atoms with Crippen molar-refractivity contribution in [1.29, 1.82) is 0 Å². The lowest BCUT2D eigenvalue weighted by Crippen LogP contribution is -2.55. The molecule has 180 valence electrons. The van der Waals surface area contributed by atoms with E-state index in [1.54, 1.807) is 0 Å². The Hall–Kier alpha value is -3.96. The third-order valence-corrected chi connectivity index (χ3v) is 5.38. The molecule has 0 aromatic heterocycles. The average molecular weight is 478 g/mol. The summed E-state index contributed by atoms with van der Waals surface area (Å²) >= 11 is 0. The predicted molar refractivity (Wildman–Crippen MR) is 114 cm³/mol. The van der Waals surface area contributed by atoms with Gasteiger partial charge in [-0.15, -0.1) is 0 Å². The minimum Gasteiger partial charge on any atom is -0.341 e. The highest BCUT2D eigenvalue weighted by atomic mass is 19.4. The normalized spacial score (nSPS) is 14.9. The molecule has 2 aromatic carbocycles. The molecule has 0 spiro atoms. The molecule has 1 heterocycles. The summed E-state index contributed by atoms with van der Waals surface area (Å²) in [6, 6.07) is 8.63. The molecule has 1 fully saturated rings. The van der Waals surface area contributed by atoms with Crippen LogP contribution in [0.1, 0.15) is 33.2 Å². The molecule has 1 N–H and O–H groups in total. The van der Waals surface area contributed by atoms with Crippen molar-refractivity contribution in [3.8, 4) is 0 Å². The Morgan fingerprint density at radius 2 is 1.62 bits per heavy atom. The monoisotopic (exact) mass is 478 g/mol. The summed E-state index contributed by atoms with van der Waals surface area (Å²) in [5.41, 5.74) is -1.71. The lowest BCUT2D eigenvalue weighted by Gasteiger charge is -2.36. The summed E-state index contributed by atoms with van der Waals surface area (Å²) in [7, 11) is 0. The van der Waals surface area contributed by atoms with Gasteiger partial charge in [-0.1, -0.05) is 18.2 Å². The zero-order valence-corrected chi connectivity index (χ0v) is 18.0. The Balaban J connectivity index is 1.59. The van der Waals surface area contributed by atoms with E-state index < -0.39 is 46.0 Å². The Kier molecular flexibility index (Phi) is 7.18. The van der Waals surface area contributed by atoms with E-state index >= 15 is 0 Å². The number of carbonyl (C=O) groups excluding carboxylic acids is 3.